The van der Waals surface area contributed by atoms with Crippen LogP contribution in [0, 0.1) is 0 Å². The monoisotopic (exact) mass is 302 g/mol. The zero-order valence-corrected chi connectivity index (χ0v) is 11.2. The van der Waals surface area contributed by atoms with Crippen LogP contribution in [-0.2, 0) is 6.18 Å². The summed E-state index contributed by atoms with van der Waals surface area (Å²) in [4.78, 5) is 3.76. The van der Waals surface area contributed by atoms with E-state index in [0.29, 0.717) is 35.0 Å². The van der Waals surface area contributed by atoms with Crippen LogP contribution in [0.2, 0.25) is 0 Å². The average Bonchev–Trinajstić information content (AvgIpc) is 2.89. The van der Waals surface area contributed by atoms with Gasteiger partial charge in [-0.25, -0.2) is 4.98 Å². The maximum absolute atomic E-state index is 12.4. The molecule has 0 saturated heterocycles. The Morgan fingerprint density at radius 3 is 2.55 bits per heavy atom. The van der Waals surface area contributed by atoms with Gasteiger partial charge in [-0.2, -0.15) is 13.2 Å². The summed E-state index contributed by atoms with van der Waals surface area (Å²) in [6, 6.07) is 8.66. The maximum atomic E-state index is 12.4. The zero-order valence-electron chi connectivity index (χ0n) is 10.4. The molecule has 0 aliphatic heterocycles. The molecule has 3 nitrogen and oxygen atoms in total. The van der Waals surface area contributed by atoms with Crippen molar-refractivity contribution in [3.63, 3.8) is 0 Å². The molecule has 1 aromatic carbocycles. The third kappa shape index (κ3) is 3.94. The SMILES string of the molecule is NC(CCOc1ccccc1)c1cnc(C(F)(F)F)s1. The Balaban J connectivity index is 1.86. The fraction of sp³-hybridized carbons (Fsp3) is 0.308. The van der Waals surface area contributed by atoms with Gasteiger partial charge in [-0.3, -0.25) is 0 Å². The Morgan fingerprint density at radius 1 is 1.25 bits per heavy atom. The molecule has 0 amide bonds. The minimum atomic E-state index is -4.41. The van der Waals surface area contributed by atoms with E-state index >= 15 is 0 Å². The summed E-state index contributed by atoms with van der Waals surface area (Å²) in [7, 11) is 0. The fourth-order valence-electron chi connectivity index (χ4n) is 1.55. The Bertz CT molecular complexity index is 542. The lowest BCUT2D eigenvalue weighted by atomic mass is 10.2. The Labute approximate surface area is 118 Å². The molecule has 0 fully saturated rings. The summed E-state index contributed by atoms with van der Waals surface area (Å²) in [5, 5.41) is -0.869. The van der Waals surface area contributed by atoms with Gasteiger partial charge in [-0.1, -0.05) is 18.2 Å². The standard InChI is InChI=1S/C13H13F3N2OS/c14-13(15,16)12-18-8-11(20-12)10(17)6-7-19-9-4-2-1-3-5-9/h1-5,8,10H,6-7,17H2. The number of hydrogen-bond acceptors (Lipinski definition) is 4. The highest BCUT2D eigenvalue weighted by atomic mass is 32.1. The molecule has 2 aromatic rings. The van der Waals surface area contributed by atoms with Gasteiger partial charge in [0.15, 0.2) is 5.01 Å². The predicted octanol–water partition coefficient (Wildman–Crippen LogP) is 3.63. The molecule has 7 heteroatoms. The largest absolute Gasteiger partial charge is 0.494 e. The van der Waals surface area contributed by atoms with Crippen molar-refractivity contribution in [2.75, 3.05) is 6.61 Å². The van der Waals surface area contributed by atoms with Crippen LogP contribution in [0.25, 0.3) is 0 Å². The molecule has 2 N–H and O–H groups in total. The minimum absolute atomic E-state index is 0.338. The molecule has 0 radical (unpaired) electrons. The molecule has 0 saturated carbocycles. The first kappa shape index (κ1) is 14.8. The van der Waals surface area contributed by atoms with Crippen LogP contribution in [0.3, 0.4) is 0 Å². The van der Waals surface area contributed by atoms with Crippen molar-refractivity contribution in [2.24, 2.45) is 5.73 Å². The molecule has 0 spiro atoms. The van der Waals surface area contributed by atoms with Gasteiger partial charge in [-0.05, 0) is 12.1 Å². The van der Waals surface area contributed by atoms with Crippen LogP contribution in [0.4, 0.5) is 13.2 Å². The first-order valence-corrected chi connectivity index (χ1v) is 6.75. The highest BCUT2D eigenvalue weighted by Crippen LogP contribution is 2.34. The van der Waals surface area contributed by atoms with E-state index in [4.69, 9.17) is 10.5 Å². The molecule has 0 bridgehead atoms. The molecular formula is C13H13F3N2OS. The van der Waals surface area contributed by atoms with Crippen LogP contribution in [0.15, 0.2) is 36.5 Å². The van der Waals surface area contributed by atoms with E-state index in [9.17, 15) is 13.2 Å². The third-order valence-corrected chi connectivity index (χ3v) is 3.75. The number of halogens is 3. The summed E-state index contributed by atoms with van der Waals surface area (Å²) >= 11 is 0.578. The molecule has 1 aromatic heterocycles. The van der Waals surface area contributed by atoms with Gasteiger partial charge in [0.05, 0.1) is 6.61 Å². The molecular weight excluding hydrogens is 289 g/mol. The molecule has 1 atom stereocenters. The van der Waals surface area contributed by atoms with Gasteiger partial charge >= 0.3 is 6.18 Å². The second-order valence-electron chi connectivity index (χ2n) is 4.12. The van der Waals surface area contributed by atoms with E-state index < -0.39 is 17.2 Å². The van der Waals surface area contributed by atoms with Gasteiger partial charge in [0.25, 0.3) is 0 Å². The van der Waals surface area contributed by atoms with Crippen molar-refractivity contribution in [1.29, 1.82) is 0 Å². The van der Waals surface area contributed by atoms with Crippen LogP contribution in [-0.4, -0.2) is 11.6 Å². The Kier molecular flexibility index (Phi) is 4.61. The molecule has 20 heavy (non-hydrogen) atoms. The number of nitrogens with zero attached hydrogens (tertiary/aromatic N) is 1. The summed E-state index contributed by atoms with van der Waals surface area (Å²) in [5.41, 5.74) is 5.84. The molecule has 0 aliphatic rings. The number of para-hydroxylation sites is 1. The smallest absolute Gasteiger partial charge is 0.443 e. The number of thiazole rings is 1. The van der Waals surface area contributed by atoms with Crippen LogP contribution in [0.1, 0.15) is 22.3 Å². The zero-order chi connectivity index (χ0) is 14.6. The average molecular weight is 302 g/mol. The summed E-state index contributed by atoms with van der Waals surface area (Å²) in [6.45, 7) is 0.338. The van der Waals surface area contributed by atoms with Crippen LogP contribution in [0.5, 0.6) is 5.75 Å². The number of rotatable bonds is 5. The van der Waals surface area contributed by atoms with E-state index in [1.807, 2.05) is 18.2 Å². The number of nitrogens with two attached hydrogens (primary N) is 1. The Morgan fingerprint density at radius 2 is 1.95 bits per heavy atom. The second kappa shape index (κ2) is 6.23. The summed E-state index contributed by atoms with van der Waals surface area (Å²) in [6.07, 6.45) is -2.81. The van der Waals surface area contributed by atoms with Crippen molar-refractivity contribution in [3.8, 4) is 5.75 Å². The van der Waals surface area contributed by atoms with Crippen molar-refractivity contribution >= 4 is 11.3 Å². The summed E-state index contributed by atoms with van der Waals surface area (Å²) < 4.78 is 42.7. The first-order chi connectivity index (χ1) is 9.47. The van der Waals surface area contributed by atoms with Gasteiger partial charge in [0, 0.05) is 23.5 Å². The highest BCUT2D eigenvalue weighted by Gasteiger charge is 2.35. The topological polar surface area (TPSA) is 48.1 Å². The maximum Gasteiger partial charge on any atom is 0.443 e. The summed E-state index contributed by atoms with van der Waals surface area (Å²) in [5.74, 6) is 0.708. The van der Waals surface area contributed by atoms with E-state index in [2.05, 4.69) is 4.98 Å². The van der Waals surface area contributed by atoms with Crippen LogP contribution < -0.4 is 10.5 Å². The van der Waals surface area contributed by atoms with Gasteiger partial charge < -0.3 is 10.5 Å². The number of aromatic nitrogens is 1. The highest BCUT2D eigenvalue weighted by molar-refractivity contribution is 7.11. The van der Waals surface area contributed by atoms with E-state index in [-0.39, 0.29) is 0 Å². The van der Waals surface area contributed by atoms with Crippen molar-refractivity contribution < 1.29 is 17.9 Å². The first-order valence-electron chi connectivity index (χ1n) is 5.93. The third-order valence-electron chi connectivity index (χ3n) is 2.57. The lowest BCUT2D eigenvalue weighted by molar-refractivity contribution is -0.137. The second-order valence-corrected chi connectivity index (χ2v) is 5.18. The lowest BCUT2D eigenvalue weighted by Gasteiger charge is -2.10. The molecule has 108 valence electrons. The van der Waals surface area contributed by atoms with E-state index in [1.54, 1.807) is 12.1 Å². The van der Waals surface area contributed by atoms with Gasteiger partial charge in [-0.15, -0.1) is 11.3 Å². The molecule has 2 rings (SSSR count). The van der Waals surface area contributed by atoms with Crippen molar-refractivity contribution in [1.82, 2.24) is 4.98 Å². The van der Waals surface area contributed by atoms with Gasteiger partial charge in [0.2, 0.25) is 0 Å². The molecule has 1 heterocycles. The molecule has 0 aliphatic carbocycles. The van der Waals surface area contributed by atoms with Crippen molar-refractivity contribution in [2.45, 2.75) is 18.6 Å². The predicted molar refractivity (Wildman–Crippen MR) is 70.6 cm³/mol. The van der Waals surface area contributed by atoms with Crippen molar-refractivity contribution in [3.05, 3.63) is 46.4 Å². The minimum Gasteiger partial charge on any atom is -0.494 e. The fourth-order valence-corrected chi connectivity index (χ4v) is 2.37. The molecule has 1 unspecified atom stereocenters. The number of hydrogen-bond donors (Lipinski definition) is 1. The van der Waals surface area contributed by atoms with Gasteiger partial charge in [0.1, 0.15) is 5.75 Å². The number of ether oxygens (including phenoxy) is 1. The van der Waals surface area contributed by atoms with Crippen LogP contribution >= 0.6 is 11.3 Å². The van der Waals surface area contributed by atoms with E-state index in [0.717, 1.165) is 0 Å². The number of alkyl halides is 3. The number of benzene rings is 1. The quantitative estimate of drug-likeness (QED) is 0.917. The Hall–Kier alpha value is -1.60. The lowest BCUT2D eigenvalue weighted by Crippen LogP contribution is -2.13. The normalized spacial score (nSPS) is 13.2. The van der Waals surface area contributed by atoms with E-state index in [1.165, 1.54) is 6.20 Å².